The molecule has 0 aliphatic rings. The number of hydrogen-bond acceptors (Lipinski definition) is 2. The van der Waals surface area contributed by atoms with Crippen LogP contribution in [0.5, 0.6) is 5.75 Å². The van der Waals surface area contributed by atoms with Crippen molar-refractivity contribution in [1.82, 2.24) is 0 Å². The molecule has 80 valence electrons. The molecule has 2 heteroatoms. The number of rotatable bonds is 4. The zero-order chi connectivity index (χ0) is 11.3. The van der Waals surface area contributed by atoms with Crippen LogP contribution in [0.2, 0.25) is 0 Å². The Labute approximate surface area is 90.8 Å². The van der Waals surface area contributed by atoms with Crippen molar-refractivity contribution >= 4 is 6.08 Å². The summed E-state index contributed by atoms with van der Waals surface area (Å²) in [7, 11) is 3.27. The van der Waals surface area contributed by atoms with Gasteiger partial charge in [0.05, 0.1) is 14.2 Å². The van der Waals surface area contributed by atoms with Gasteiger partial charge in [-0.1, -0.05) is 24.8 Å². The fraction of sp³-hybridized carbons (Fsp3) is 0.231. The van der Waals surface area contributed by atoms with E-state index >= 15 is 0 Å². The average Bonchev–Trinajstić information content (AvgIpc) is 2.27. The maximum Gasteiger partial charge on any atom is 0.122 e. The van der Waals surface area contributed by atoms with Crippen LogP contribution < -0.4 is 4.74 Å². The third-order valence-corrected chi connectivity index (χ3v) is 2.16. The van der Waals surface area contributed by atoms with Crippen molar-refractivity contribution in [3.05, 3.63) is 47.7 Å². The first-order chi connectivity index (χ1) is 7.17. The van der Waals surface area contributed by atoms with Crippen LogP contribution in [-0.4, -0.2) is 14.2 Å². The number of benzene rings is 1. The van der Waals surface area contributed by atoms with Crippen LogP contribution in [0.15, 0.2) is 36.6 Å². The molecule has 0 saturated carbocycles. The van der Waals surface area contributed by atoms with Gasteiger partial charge < -0.3 is 9.47 Å². The Hall–Kier alpha value is -1.70. The molecular formula is C13H16O2. The molecule has 0 N–H and O–H groups in total. The minimum atomic E-state index is 0.634. The van der Waals surface area contributed by atoms with Crippen molar-refractivity contribution in [2.75, 3.05) is 14.2 Å². The highest BCUT2D eigenvalue weighted by Gasteiger charge is 1.97. The highest BCUT2D eigenvalue weighted by Crippen LogP contribution is 2.19. The van der Waals surface area contributed by atoms with Crippen LogP contribution in [0.4, 0.5) is 0 Å². The molecule has 0 unspecified atom stereocenters. The normalized spacial score (nSPS) is 10.3. The Morgan fingerprint density at radius 2 is 2.07 bits per heavy atom. The molecule has 0 atom stereocenters. The number of hydrogen-bond donors (Lipinski definition) is 0. The standard InChI is InChI=1S/C13H16O2/c1-10-5-7-12(9-13(10)15-4)8-6-11(2)14-3/h5-9H,2H2,1,3-4H3/b8-6+. The highest BCUT2D eigenvalue weighted by atomic mass is 16.5. The van der Waals surface area contributed by atoms with Gasteiger partial charge in [-0.05, 0) is 30.2 Å². The SMILES string of the molecule is C=C(/C=C/c1ccc(C)c(OC)c1)OC. The van der Waals surface area contributed by atoms with Crippen molar-refractivity contribution in [2.45, 2.75) is 6.92 Å². The monoisotopic (exact) mass is 204 g/mol. The largest absolute Gasteiger partial charge is 0.497 e. The topological polar surface area (TPSA) is 18.5 Å². The third kappa shape index (κ3) is 3.17. The molecule has 0 aliphatic heterocycles. The van der Waals surface area contributed by atoms with Crippen LogP contribution in [0, 0.1) is 6.92 Å². The summed E-state index contributed by atoms with van der Waals surface area (Å²) in [4.78, 5) is 0. The van der Waals surface area contributed by atoms with Crippen LogP contribution in [0.1, 0.15) is 11.1 Å². The van der Waals surface area contributed by atoms with Gasteiger partial charge in [-0.25, -0.2) is 0 Å². The summed E-state index contributed by atoms with van der Waals surface area (Å²) in [6.45, 7) is 5.72. The Balaban J connectivity index is 2.87. The summed E-state index contributed by atoms with van der Waals surface area (Å²) in [5.74, 6) is 1.52. The lowest BCUT2D eigenvalue weighted by Gasteiger charge is -2.05. The number of allylic oxidation sites excluding steroid dienone is 1. The molecule has 0 aliphatic carbocycles. The number of aryl methyl sites for hydroxylation is 1. The van der Waals surface area contributed by atoms with Gasteiger partial charge >= 0.3 is 0 Å². The predicted molar refractivity (Wildman–Crippen MR) is 62.9 cm³/mol. The van der Waals surface area contributed by atoms with Gasteiger partial charge in [-0.2, -0.15) is 0 Å². The lowest BCUT2D eigenvalue weighted by atomic mass is 10.1. The molecule has 0 spiro atoms. The van der Waals surface area contributed by atoms with E-state index in [-0.39, 0.29) is 0 Å². The summed E-state index contributed by atoms with van der Waals surface area (Å²) in [6, 6.07) is 6.03. The first-order valence-corrected chi connectivity index (χ1v) is 4.73. The minimum absolute atomic E-state index is 0.634. The maximum atomic E-state index is 5.23. The highest BCUT2D eigenvalue weighted by molar-refractivity contribution is 5.55. The van der Waals surface area contributed by atoms with Crippen molar-refractivity contribution in [3.8, 4) is 5.75 Å². The lowest BCUT2D eigenvalue weighted by Crippen LogP contribution is -1.87. The fourth-order valence-corrected chi connectivity index (χ4v) is 1.20. The Kier molecular flexibility index (Phi) is 3.98. The third-order valence-electron chi connectivity index (χ3n) is 2.16. The van der Waals surface area contributed by atoms with Crippen molar-refractivity contribution in [3.63, 3.8) is 0 Å². The van der Waals surface area contributed by atoms with Gasteiger partial charge in [0.2, 0.25) is 0 Å². The van der Waals surface area contributed by atoms with Gasteiger partial charge in [-0.3, -0.25) is 0 Å². The molecule has 1 aromatic rings. The molecule has 0 fully saturated rings. The summed E-state index contributed by atoms with van der Waals surface area (Å²) in [6.07, 6.45) is 3.76. The van der Waals surface area contributed by atoms with Crippen LogP contribution in [-0.2, 0) is 4.74 Å². The van der Waals surface area contributed by atoms with Gasteiger partial charge in [0.25, 0.3) is 0 Å². The van der Waals surface area contributed by atoms with E-state index in [0.29, 0.717) is 5.76 Å². The van der Waals surface area contributed by atoms with Crippen LogP contribution >= 0.6 is 0 Å². The van der Waals surface area contributed by atoms with E-state index in [4.69, 9.17) is 9.47 Å². The second-order valence-electron chi connectivity index (χ2n) is 3.23. The first-order valence-electron chi connectivity index (χ1n) is 4.73. The molecule has 0 bridgehead atoms. The summed E-state index contributed by atoms with van der Waals surface area (Å²) < 4.78 is 10.2. The quantitative estimate of drug-likeness (QED) is 0.554. The second kappa shape index (κ2) is 5.25. The van der Waals surface area contributed by atoms with E-state index < -0.39 is 0 Å². The molecule has 0 amide bonds. The van der Waals surface area contributed by atoms with Gasteiger partial charge in [0, 0.05) is 0 Å². The molecular weight excluding hydrogens is 188 g/mol. The zero-order valence-corrected chi connectivity index (χ0v) is 9.41. The van der Waals surface area contributed by atoms with E-state index in [1.807, 2.05) is 37.3 Å². The molecule has 0 aromatic heterocycles. The Morgan fingerprint density at radius 1 is 1.33 bits per heavy atom. The van der Waals surface area contributed by atoms with E-state index in [0.717, 1.165) is 16.9 Å². The van der Waals surface area contributed by atoms with E-state index in [2.05, 4.69) is 6.58 Å². The Bertz CT molecular complexity index is 378. The van der Waals surface area contributed by atoms with Crippen molar-refractivity contribution < 1.29 is 9.47 Å². The molecule has 1 aromatic carbocycles. The fourth-order valence-electron chi connectivity index (χ4n) is 1.20. The smallest absolute Gasteiger partial charge is 0.122 e. The van der Waals surface area contributed by atoms with E-state index in [9.17, 15) is 0 Å². The van der Waals surface area contributed by atoms with E-state index in [1.165, 1.54) is 0 Å². The molecule has 15 heavy (non-hydrogen) atoms. The van der Waals surface area contributed by atoms with E-state index in [1.54, 1.807) is 14.2 Å². The van der Waals surface area contributed by atoms with Crippen LogP contribution in [0.3, 0.4) is 0 Å². The van der Waals surface area contributed by atoms with Gasteiger partial charge in [-0.15, -0.1) is 0 Å². The van der Waals surface area contributed by atoms with Crippen molar-refractivity contribution in [2.24, 2.45) is 0 Å². The van der Waals surface area contributed by atoms with Crippen LogP contribution in [0.25, 0.3) is 6.08 Å². The van der Waals surface area contributed by atoms with Gasteiger partial charge in [0.1, 0.15) is 11.5 Å². The minimum Gasteiger partial charge on any atom is -0.497 e. The van der Waals surface area contributed by atoms with Gasteiger partial charge in [0.15, 0.2) is 0 Å². The molecule has 0 heterocycles. The van der Waals surface area contributed by atoms with Crippen molar-refractivity contribution in [1.29, 1.82) is 0 Å². The second-order valence-corrected chi connectivity index (χ2v) is 3.23. The number of ether oxygens (including phenoxy) is 2. The Morgan fingerprint density at radius 3 is 2.67 bits per heavy atom. The predicted octanol–water partition coefficient (Wildman–Crippen LogP) is 3.18. The molecule has 0 saturated heterocycles. The maximum absolute atomic E-state index is 5.23. The molecule has 0 radical (unpaired) electrons. The molecule has 2 nitrogen and oxygen atoms in total. The summed E-state index contributed by atoms with van der Waals surface area (Å²) in [5.41, 5.74) is 2.19. The molecule has 1 rings (SSSR count). The first kappa shape index (κ1) is 11.4. The summed E-state index contributed by atoms with van der Waals surface area (Å²) >= 11 is 0. The zero-order valence-electron chi connectivity index (χ0n) is 9.41. The number of methoxy groups -OCH3 is 2. The average molecular weight is 204 g/mol. The summed E-state index contributed by atoms with van der Waals surface area (Å²) in [5, 5.41) is 0. The lowest BCUT2D eigenvalue weighted by molar-refractivity contribution is 0.309.